The van der Waals surface area contributed by atoms with E-state index < -0.39 is 0 Å². The molecule has 130 valence electrons. The Morgan fingerprint density at radius 2 is 1.96 bits per heavy atom. The van der Waals surface area contributed by atoms with Crippen molar-refractivity contribution in [3.05, 3.63) is 30.5 Å². The lowest BCUT2D eigenvalue weighted by Crippen LogP contribution is -2.38. The summed E-state index contributed by atoms with van der Waals surface area (Å²) < 4.78 is 8.32. The number of hydrogen-bond donors (Lipinski definition) is 0. The average Bonchev–Trinajstić information content (AvgIpc) is 3.20. The molecule has 0 saturated carbocycles. The molecule has 2 aromatic heterocycles. The molecule has 6 rings (SSSR count). The third kappa shape index (κ3) is 2.52. The van der Waals surface area contributed by atoms with E-state index in [0.717, 1.165) is 25.2 Å². The van der Waals surface area contributed by atoms with Crippen LogP contribution >= 0.6 is 0 Å². The second kappa shape index (κ2) is 5.88. The lowest BCUT2D eigenvalue weighted by molar-refractivity contribution is 0.249. The minimum Gasteiger partial charge on any atom is -0.403 e. The highest BCUT2D eigenvalue weighted by Gasteiger charge is 2.31. The maximum atomic E-state index is 6.09. The Balaban J connectivity index is 1.48. The van der Waals surface area contributed by atoms with Gasteiger partial charge in [0, 0.05) is 56.0 Å². The lowest BCUT2D eigenvalue weighted by atomic mass is 10.1. The Morgan fingerprint density at radius 1 is 1.08 bits per heavy atom. The van der Waals surface area contributed by atoms with Crippen LogP contribution in [-0.2, 0) is 6.54 Å². The van der Waals surface area contributed by atoms with Crippen LogP contribution in [0.25, 0.3) is 22.4 Å². The zero-order valence-corrected chi connectivity index (χ0v) is 14.6. The van der Waals surface area contributed by atoms with E-state index in [2.05, 4.69) is 62.0 Å². The molecule has 5 heterocycles. The Kier molecular flexibility index (Phi) is 3.52. The summed E-state index contributed by atoms with van der Waals surface area (Å²) in [5.41, 5.74) is 2.20. The van der Waals surface area contributed by atoms with Gasteiger partial charge in [-0.15, -0.1) is 5.10 Å². The Labute approximate surface area is 147 Å². The first-order valence-corrected chi connectivity index (χ1v) is 9.23. The molecule has 3 aliphatic rings. The van der Waals surface area contributed by atoms with Crippen LogP contribution in [0.2, 0.25) is 0 Å². The molecular formula is C19H23N5O. The van der Waals surface area contributed by atoms with Crippen LogP contribution in [0, 0.1) is 0 Å². The molecule has 0 aliphatic carbocycles. The van der Waals surface area contributed by atoms with E-state index in [0.29, 0.717) is 17.9 Å². The number of piperidine rings is 1. The number of rotatable bonds is 3. The van der Waals surface area contributed by atoms with Gasteiger partial charge in [-0.3, -0.25) is 0 Å². The predicted molar refractivity (Wildman–Crippen MR) is 97.7 cm³/mol. The number of aryl methyl sites for hydroxylation is 1. The minimum atomic E-state index is 0.534. The number of benzene rings is 1. The summed E-state index contributed by atoms with van der Waals surface area (Å²) in [6.45, 7) is 7.54. The van der Waals surface area contributed by atoms with Gasteiger partial charge in [0.05, 0.1) is 0 Å². The van der Waals surface area contributed by atoms with E-state index in [1.807, 2.05) is 0 Å². The van der Waals surface area contributed by atoms with Crippen LogP contribution in [0.3, 0.4) is 0 Å². The summed E-state index contributed by atoms with van der Waals surface area (Å²) in [5.74, 6) is 0.611. The largest absolute Gasteiger partial charge is 0.403 e. The molecule has 0 spiro atoms. The molecule has 0 radical (unpaired) electrons. The van der Waals surface area contributed by atoms with E-state index in [1.54, 1.807) is 0 Å². The van der Waals surface area contributed by atoms with Gasteiger partial charge in [-0.05, 0) is 43.4 Å². The smallest absolute Gasteiger partial charge is 0.318 e. The van der Waals surface area contributed by atoms with Crippen molar-refractivity contribution < 1.29 is 4.42 Å². The zero-order chi connectivity index (χ0) is 16.8. The van der Waals surface area contributed by atoms with E-state index in [-0.39, 0.29) is 0 Å². The molecule has 0 N–H and O–H groups in total. The van der Waals surface area contributed by atoms with Crippen molar-refractivity contribution in [3.63, 3.8) is 0 Å². The van der Waals surface area contributed by atoms with Crippen LogP contribution < -0.4 is 4.90 Å². The first-order chi connectivity index (χ1) is 12.3. The molecule has 0 atom stereocenters. The lowest BCUT2D eigenvalue weighted by Gasteiger charge is -2.29. The zero-order valence-electron chi connectivity index (χ0n) is 14.6. The van der Waals surface area contributed by atoms with Gasteiger partial charge in [-0.25, -0.2) is 0 Å². The monoisotopic (exact) mass is 337 g/mol. The standard InChI is InChI=1S/C19H23N5O/c1-2-23-10-5-14-3-4-15(13-17(14)23)18-20-21-19(25-18)24-12-11-22-8-6-16(24)7-9-22/h3-5,10,13,16H,2,6-9,11-12H2,1H3. The van der Waals surface area contributed by atoms with Gasteiger partial charge in [0.15, 0.2) is 0 Å². The fourth-order valence-corrected chi connectivity index (χ4v) is 4.18. The molecule has 3 fully saturated rings. The maximum Gasteiger partial charge on any atom is 0.318 e. The highest BCUT2D eigenvalue weighted by molar-refractivity contribution is 5.84. The van der Waals surface area contributed by atoms with Gasteiger partial charge < -0.3 is 18.8 Å². The fraction of sp³-hybridized carbons (Fsp3) is 0.474. The number of nitrogens with zero attached hydrogens (tertiary/aromatic N) is 5. The van der Waals surface area contributed by atoms with Gasteiger partial charge >= 0.3 is 6.01 Å². The van der Waals surface area contributed by atoms with E-state index in [4.69, 9.17) is 4.42 Å². The molecule has 25 heavy (non-hydrogen) atoms. The summed E-state index contributed by atoms with van der Waals surface area (Å²) in [5, 5.41) is 9.95. The highest BCUT2D eigenvalue weighted by Crippen LogP contribution is 2.30. The maximum absolute atomic E-state index is 6.09. The molecule has 3 saturated heterocycles. The van der Waals surface area contributed by atoms with E-state index >= 15 is 0 Å². The quantitative estimate of drug-likeness (QED) is 0.735. The number of hydrogen-bond acceptors (Lipinski definition) is 5. The molecule has 6 nitrogen and oxygen atoms in total. The van der Waals surface area contributed by atoms with Gasteiger partial charge in [0.25, 0.3) is 0 Å². The van der Waals surface area contributed by atoms with Gasteiger partial charge in [0.2, 0.25) is 5.89 Å². The number of fused-ring (bicyclic) bond motifs is 5. The summed E-state index contributed by atoms with van der Waals surface area (Å²) in [6, 6.07) is 9.70. The molecule has 6 heteroatoms. The number of anilines is 1. The Bertz CT molecular complexity index is 890. The normalized spacial score (nSPS) is 23.3. The van der Waals surface area contributed by atoms with Crippen molar-refractivity contribution in [3.8, 4) is 11.5 Å². The van der Waals surface area contributed by atoms with Crippen molar-refractivity contribution in [1.82, 2.24) is 19.7 Å². The summed E-state index contributed by atoms with van der Waals surface area (Å²) in [7, 11) is 0. The van der Waals surface area contributed by atoms with Crippen molar-refractivity contribution in [1.29, 1.82) is 0 Å². The van der Waals surface area contributed by atoms with Crippen molar-refractivity contribution in [2.75, 3.05) is 31.1 Å². The molecule has 3 aromatic rings. The first-order valence-electron chi connectivity index (χ1n) is 9.23. The van der Waals surface area contributed by atoms with Crippen molar-refractivity contribution in [2.24, 2.45) is 0 Å². The molecule has 3 aliphatic heterocycles. The van der Waals surface area contributed by atoms with Gasteiger partial charge in [-0.1, -0.05) is 11.2 Å². The third-order valence-electron chi connectivity index (χ3n) is 5.68. The molecule has 0 amide bonds. The van der Waals surface area contributed by atoms with Crippen molar-refractivity contribution in [2.45, 2.75) is 32.4 Å². The molecule has 1 aromatic carbocycles. The minimum absolute atomic E-state index is 0.534. The van der Waals surface area contributed by atoms with Crippen LogP contribution in [0.4, 0.5) is 6.01 Å². The van der Waals surface area contributed by atoms with Crippen LogP contribution in [0.15, 0.2) is 34.9 Å². The van der Waals surface area contributed by atoms with Crippen LogP contribution in [0.5, 0.6) is 0 Å². The summed E-state index contributed by atoms with van der Waals surface area (Å²) in [6.07, 6.45) is 4.50. The average molecular weight is 337 g/mol. The number of aromatic nitrogens is 3. The first kappa shape index (κ1) is 15.0. The highest BCUT2D eigenvalue weighted by atomic mass is 16.4. The summed E-state index contributed by atoms with van der Waals surface area (Å²) >= 11 is 0. The van der Waals surface area contributed by atoms with Crippen LogP contribution in [0.1, 0.15) is 19.8 Å². The molecule has 0 unspecified atom stereocenters. The predicted octanol–water partition coefficient (Wildman–Crippen LogP) is 3.00. The topological polar surface area (TPSA) is 50.3 Å². The SMILES string of the molecule is CCn1ccc2ccc(-c3nnc(N4CCN5CCC4CC5)o3)cc21. The second-order valence-corrected chi connectivity index (χ2v) is 7.03. The molecule has 2 bridgehead atoms. The van der Waals surface area contributed by atoms with Crippen LogP contribution in [-0.4, -0.2) is 51.9 Å². The fourth-order valence-electron chi connectivity index (χ4n) is 4.18. The third-order valence-corrected chi connectivity index (χ3v) is 5.68. The van der Waals surface area contributed by atoms with Gasteiger partial charge in [-0.2, -0.15) is 0 Å². The van der Waals surface area contributed by atoms with Gasteiger partial charge in [0.1, 0.15) is 0 Å². The second-order valence-electron chi connectivity index (χ2n) is 7.03. The van der Waals surface area contributed by atoms with Crippen molar-refractivity contribution >= 4 is 16.9 Å². The summed E-state index contributed by atoms with van der Waals surface area (Å²) in [4.78, 5) is 4.84. The van der Waals surface area contributed by atoms with E-state index in [9.17, 15) is 0 Å². The molecular weight excluding hydrogens is 314 g/mol. The Morgan fingerprint density at radius 3 is 2.80 bits per heavy atom. The Hall–Kier alpha value is -2.34. The van der Waals surface area contributed by atoms with E-state index in [1.165, 1.54) is 36.8 Å².